The van der Waals surface area contributed by atoms with E-state index in [1.807, 2.05) is 0 Å². The number of nitrogens with two attached hydrogens (primary N) is 1. The maximum atomic E-state index is 13.0. The van der Waals surface area contributed by atoms with Crippen LogP contribution in [0.25, 0.3) is 0 Å². The number of hydrogen-bond donors (Lipinski definition) is 2. The van der Waals surface area contributed by atoms with E-state index < -0.39 is 5.82 Å². The van der Waals surface area contributed by atoms with Crippen molar-refractivity contribution in [3.05, 3.63) is 65.2 Å². The Morgan fingerprint density at radius 1 is 0.923 bits per heavy atom. The van der Waals surface area contributed by atoms with Gasteiger partial charge in [-0.15, -0.1) is 0 Å². The van der Waals surface area contributed by atoms with Crippen LogP contribution in [0.3, 0.4) is 0 Å². The van der Waals surface area contributed by atoms with Gasteiger partial charge in [-0.3, -0.25) is 9.59 Å². The summed E-state index contributed by atoms with van der Waals surface area (Å²) in [7, 11) is 0. The molecule has 0 aliphatic carbocycles. The lowest BCUT2D eigenvalue weighted by Gasteiger charge is -2.06. The summed E-state index contributed by atoms with van der Waals surface area (Å²) in [5.74, 6) is -0.985. The summed E-state index contributed by atoms with van der Waals surface area (Å²) in [6, 6.07) is 9.40. The fourth-order valence-corrected chi connectivity index (χ4v) is 2.56. The molecule has 0 saturated heterocycles. The first-order valence-electron chi connectivity index (χ1n) is 8.55. The van der Waals surface area contributed by atoms with Crippen LogP contribution in [0.5, 0.6) is 0 Å². The van der Waals surface area contributed by atoms with Crippen LogP contribution in [-0.2, 0) is 11.2 Å². The number of benzene rings is 2. The second kappa shape index (κ2) is 9.65. The molecule has 0 atom stereocenters. The molecule has 0 aromatic heterocycles. The summed E-state index contributed by atoms with van der Waals surface area (Å²) in [6.07, 6.45) is 2.88. The van der Waals surface area contributed by atoms with E-state index in [4.69, 9.17) is 5.73 Å². The van der Waals surface area contributed by atoms with Crippen LogP contribution < -0.4 is 11.1 Å². The number of nitrogen functional groups attached to an aromatic ring is 1. The quantitative estimate of drug-likeness (QED) is 0.530. The van der Waals surface area contributed by atoms with Crippen LogP contribution in [0.4, 0.5) is 14.5 Å². The lowest BCUT2D eigenvalue weighted by molar-refractivity contribution is -0.118. The van der Waals surface area contributed by atoms with Crippen molar-refractivity contribution >= 4 is 17.4 Å². The second-order valence-electron chi connectivity index (χ2n) is 6.13. The first-order chi connectivity index (χ1) is 12.5. The zero-order chi connectivity index (χ0) is 18.9. The lowest BCUT2D eigenvalue weighted by atomic mass is 10.0. The average molecular weight is 360 g/mol. The number of carbonyl (C=O) groups is 2. The van der Waals surface area contributed by atoms with Gasteiger partial charge in [0.1, 0.15) is 17.4 Å². The molecule has 1 amide bonds. The minimum Gasteiger partial charge on any atom is -0.398 e. The number of Topliss-reactive ketones (excluding diaryl/α,β-unsaturated/α-hetero) is 1. The van der Waals surface area contributed by atoms with Crippen molar-refractivity contribution in [3.63, 3.8) is 0 Å². The standard InChI is InChI=1S/C20H22F2N2O2/c21-16-8-5-14(6-9-16)20(26)24-11-3-1-2-4-18(25)12-15-7-10-17(22)13-19(15)23/h5-10,13H,1-4,11-12,23H2,(H,24,26). The van der Waals surface area contributed by atoms with Crippen LogP contribution in [0.2, 0.25) is 0 Å². The van der Waals surface area contributed by atoms with Gasteiger partial charge in [-0.2, -0.15) is 0 Å². The van der Waals surface area contributed by atoms with Crippen molar-refractivity contribution in [1.29, 1.82) is 0 Å². The molecule has 2 aromatic carbocycles. The van der Waals surface area contributed by atoms with E-state index in [1.54, 1.807) is 0 Å². The molecule has 0 unspecified atom stereocenters. The largest absolute Gasteiger partial charge is 0.398 e. The molecule has 0 bridgehead atoms. The Kier molecular flexibility index (Phi) is 7.26. The van der Waals surface area contributed by atoms with Crippen molar-refractivity contribution in [1.82, 2.24) is 5.32 Å². The van der Waals surface area contributed by atoms with Gasteiger partial charge in [0.05, 0.1) is 0 Å². The Labute approximate surface area is 151 Å². The van der Waals surface area contributed by atoms with Gasteiger partial charge >= 0.3 is 0 Å². The summed E-state index contributed by atoms with van der Waals surface area (Å²) in [5, 5.41) is 2.76. The number of anilines is 1. The monoisotopic (exact) mass is 360 g/mol. The van der Waals surface area contributed by atoms with E-state index in [-0.39, 0.29) is 23.9 Å². The van der Waals surface area contributed by atoms with Crippen molar-refractivity contribution in [2.75, 3.05) is 12.3 Å². The first kappa shape index (κ1) is 19.6. The number of halogens is 2. The third-order valence-electron chi connectivity index (χ3n) is 4.02. The Balaban J connectivity index is 1.60. The minimum absolute atomic E-state index is 0.0543. The highest BCUT2D eigenvalue weighted by Crippen LogP contribution is 2.15. The highest BCUT2D eigenvalue weighted by atomic mass is 19.1. The zero-order valence-corrected chi connectivity index (χ0v) is 14.4. The Morgan fingerprint density at radius 2 is 1.62 bits per heavy atom. The molecule has 6 heteroatoms. The Hall–Kier alpha value is -2.76. The van der Waals surface area contributed by atoms with Gasteiger partial charge in [0, 0.05) is 30.6 Å². The number of unbranched alkanes of at least 4 members (excludes halogenated alkanes) is 2. The third kappa shape index (κ3) is 6.27. The van der Waals surface area contributed by atoms with Crippen LogP contribution in [0.1, 0.15) is 41.6 Å². The van der Waals surface area contributed by atoms with E-state index in [2.05, 4.69) is 5.32 Å². The fraction of sp³-hybridized carbons (Fsp3) is 0.300. The maximum absolute atomic E-state index is 13.0. The predicted molar refractivity (Wildman–Crippen MR) is 96.7 cm³/mol. The SMILES string of the molecule is Nc1cc(F)ccc1CC(=O)CCCCCNC(=O)c1ccc(F)cc1. The number of hydrogen-bond acceptors (Lipinski definition) is 3. The van der Waals surface area contributed by atoms with Crippen LogP contribution >= 0.6 is 0 Å². The van der Waals surface area contributed by atoms with Crippen LogP contribution in [0, 0.1) is 11.6 Å². The molecule has 0 heterocycles. The average Bonchev–Trinajstić information content (AvgIpc) is 2.61. The van der Waals surface area contributed by atoms with Gasteiger partial charge in [-0.25, -0.2) is 8.78 Å². The van der Waals surface area contributed by atoms with E-state index in [1.165, 1.54) is 42.5 Å². The van der Waals surface area contributed by atoms with Gasteiger partial charge < -0.3 is 11.1 Å². The molecule has 3 N–H and O–H groups in total. The van der Waals surface area contributed by atoms with E-state index in [0.29, 0.717) is 36.2 Å². The van der Waals surface area contributed by atoms with Crippen LogP contribution in [0.15, 0.2) is 42.5 Å². The van der Waals surface area contributed by atoms with Gasteiger partial charge in [0.15, 0.2) is 0 Å². The lowest BCUT2D eigenvalue weighted by Crippen LogP contribution is -2.24. The molecule has 26 heavy (non-hydrogen) atoms. The molecule has 0 spiro atoms. The Bertz CT molecular complexity index is 761. The molecule has 0 saturated carbocycles. The topological polar surface area (TPSA) is 72.2 Å². The highest BCUT2D eigenvalue weighted by Gasteiger charge is 2.08. The van der Waals surface area contributed by atoms with Crippen LogP contribution in [-0.4, -0.2) is 18.2 Å². The van der Waals surface area contributed by atoms with Crippen molar-refractivity contribution in [2.45, 2.75) is 32.1 Å². The van der Waals surface area contributed by atoms with Gasteiger partial charge in [-0.05, 0) is 54.8 Å². The molecular formula is C20H22F2N2O2. The summed E-state index contributed by atoms with van der Waals surface area (Å²) in [4.78, 5) is 23.8. The molecule has 0 fully saturated rings. The normalized spacial score (nSPS) is 10.5. The van der Waals surface area contributed by atoms with Gasteiger partial charge in [0.2, 0.25) is 0 Å². The minimum atomic E-state index is -0.415. The van der Waals surface area contributed by atoms with E-state index in [9.17, 15) is 18.4 Å². The number of rotatable bonds is 9. The summed E-state index contributed by atoms with van der Waals surface area (Å²) < 4.78 is 25.8. The molecule has 4 nitrogen and oxygen atoms in total. The smallest absolute Gasteiger partial charge is 0.251 e. The van der Waals surface area contributed by atoms with Crippen molar-refractivity contribution < 1.29 is 18.4 Å². The molecule has 0 aliphatic rings. The molecule has 2 rings (SSSR count). The van der Waals surface area contributed by atoms with Crippen molar-refractivity contribution in [2.24, 2.45) is 0 Å². The third-order valence-corrected chi connectivity index (χ3v) is 4.02. The molecule has 138 valence electrons. The molecule has 0 radical (unpaired) electrons. The first-order valence-corrected chi connectivity index (χ1v) is 8.55. The molecular weight excluding hydrogens is 338 g/mol. The van der Waals surface area contributed by atoms with E-state index >= 15 is 0 Å². The van der Waals surface area contributed by atoms with E-state index in [0.717, 1.165) is 12.8 Å². The van der Waals surface area contributed by atoms with Gasteiger partial charge in [-0.1, -0.05) is 12.5 Å². The summed E-state index contributed by atoms with van der Waals surface area (Å²) in [5.41, 5.74) is 7.05. The zero-order valence-electron chi connectivity index (χ0n) is 14.4. The fourth-order valence-electron chi connectivity index (χ4n) is 2.56. The number of carbonyl (C=O) groups excluding carboxylic acids is 2. The molecule has 2 aromatic rings. The summed E-state index contributed by atoms with van der Waals surface area (Å²) >= 11 is 0. The number of amides is 1. The Morgan fingerprint density at radius 3 is 2.31 bits per heavy atom. The number of nitrogens with one attached hydrogen (secondary N) is 1. The number of ketones is 1. The highest BCUT2D eigenvalue weighted by molar-refractivity contribution is 5.94. The summed E-state index contributed by atoms with van der Waals surface area (Å²) in [6.45, 7) is 0.495. The second-order valence-corrected chi connectivity index (χ2v) is 6.13. The predicted octanol–water partition coefficient (Wildman–Crippen LogP) is 3.65. The maximum Gasteiger partial charge on any atom is 0.251 e. The van der Waals surface area contributed by atoms with Gasteiger partial charge in [0.25, 0.3) is 5.91 Å². The van der Waals surface area contributed by atoms with Crippen molar-refractivity contribution in [3.8, 4) is 0 Å². The molecule has 0 aliphatic heterocycles.